The molecule has 0 saturated carbocycles. The highest BCUT2D eigenvalue weighted by Gasteiger charge is 2.27. The Morgan fingerprint density at radius 2 is 2.29 bits per heavy atom. The Bertz CT molecular complexity index is 501. The molecule has 0 bridgehead atoms. The minimum atomic E-state index is -3.35. The lowest BCUT2D eigenvalue weighted by Crippen LogP contribution is -2.47. The van der Waals surface area contributed by atoms with Crippen molar-refractivity contribution >= 4 is 10.2 Å². The predicted molar refractivity (Wildman–Crippen MR) is 82.0 cm³/mol. The summed E-state index contributed by atoms with van der Waals surface area (Å²) >= 11 is 0. The van der Waals surface area contributed by atoms with Gasteiger partial charge in [0, 0.05) is 38.6 Å². The Kier molecular flexibility index (Phi) is 6.16. The topological polar surface area (TPSA) is 79.3 Å². The maximum absolute atomic E-state index is 12.3. The van der Waals surface area contributed by atoms with Gasteiger partial charge in [0.1, 0.15) is 0 Å². The lowest BCUT2D eigenvalue weighted by atomic mass is 10.00. The summed E-state index contributed by atoms with van der Waals surface area (Å²) < 4.78 is 30.6. The fourth-order valence-corrected chi connectivity index (χ4v) is 4.03. The fraction of sp³-hybridized carbons (Fsp3) is 0.769. The van der Waals surface area contributed by atoms with Crippen molar-refractivity contribution in [2.24, 2.45) is 5.92 Å². The van der Waals surface area contributed by atoms with Gasteiger partial charge in [0.15, 0.2) is 0 Å². The van der Waals surface area contributed by atoms with Gasteiger partial charge in [-0.2, -0.15) is 17.8 Å². The van der Waals surface area contributed by atoms with Gasteiger partial charge >= 0.3 is 0 Å². The van der Waals surface area contributed by atoms with Crippen molar-refractivity contribution in [2.45, 2.75) is 25.8 Å². The first-order valence-electron chi connectivity index (χ1n) is 7.48. The van der Waals surface area contributed by atoms with E-state index in [0.29, 0.717) is 25.6 Å². The summed E-state index contributed by atoms with van der Waals surface area (Å²) in [5.74, 6) is 0.407. The molecule has 1 aromatic heterocycles. The molecule has 7 nitrogen and oxygen atoms in total. The Hall–Kier alpha value is -0.960. The van der Waals surface area contributed by atoms with Crippen molar-refractivity contribution < 1.29 is 8.42 Å². The van der Waals surface area contributed by atoms with E-state index in [2.05, 4.69) is 15.1 Å². The van der Waals surface area contributed by atoms with E-state index in [1.54, 1.807) is 15.2 Å². The molecule has 1 saturated heterocycles. The molecule has 0 amide bonds. The third-order valence-electron chi connectivity index (χ3n) is 3.72. The molecule has 120 valence electrons. The third-order valence-corrected chi connectivity index (χ3v) is 5.30. The van der Waals surface area contributed by atoms with Crippen LogP contribution in [0, 0.1) is 5.92 Å². The predicted octanol–water partition coefficient (Wildman–Crippen LogP) is 0.0390. The SMILES string of the molecule is CNCC1CCCN(S(=O)(=O)NCCCn2cccn2)C1. The lowest BCUT2D eigenvalue weighted by Gasteiger charge is -2.31. The minimum Gasteiger partial charge on any atom is -0.319 e. The largest absolute Gasteiger partial charge is 0.319 e. The van der Waals surface area contributed by atoms with Gasteiger partial charge in [0.25, 0.3) is 10.2 Å². The molecule has 2 heterocycles. The Labute approximate surface area is 126 Å². The molecule has 8 heteroatoms. The van der Waals surface area contributed by atoms with E-state index >= 15 is 0 Å². The second-order valence-electron chi connectivity index (χ2n) is 5.45. The number of aryl methyl sites for hydroxylation is 1. The second kappa shape index (κ2) is 7.88. The highest BCUT2D eigenvalue weighted by Crippen LogP contribution is 2.17. The van der Waals surface area contributed by atoms with Crippen molar-refractivity contribution in [3.8, 4) is 0 Å². The number of nitrogens with one attached hydrogen (secondary N) is 2. The first-order valence-corrected chi connectivity index (χ1v) is 8.92. The molecule has 2 N–H and O–H groups in total. The zero-order valence-electron chi connectivity index (χ0n) is 12.5. The van der Waals surface area contributed by atoms with E-state index in [9.17, 15) is 8.42 Å². The monoisotopic (exact) mass is 315 g/mol. The molecule has 1 atom stereocenters. The Balaban J connectivity index is 1.75. The molecule has 0 aromatic carbocycles. The lowest BCUT2D eigenvalue weighted by molar-refractivity contribution is 0.261. The maximum atomic E-state index is 12.3. The van der Waals surface area contributed by atoms with Crippen LogP contribution in [0.4, 0.5) is 0 Å². The summed E-state index contributed by atoms with van der Waals surface area (Å²) in [5, 5.41) is 7.22. The van der Waals surface area contributed by atoms with Crippen LogP contribution in [0.15, 0.2) is 18.5 Å². The minimum absolute atomic E-state index is 0.407. The summed E-state index contributed by atoms with van der Waals surface area (Å²) in [7, 11) is -1.45. The van der Waals surface area contributed by atoms with Crippen LogP contribution in [0.1, 0.15) is 19.3 Å². The molecule has 0 radical (unpaired) electrons. The summed E-state index contributed by atoms with van der Waals surface area (Å²) in [6.07, 6.45) is 6.35. The van der Waals surface area contributed by atoms with E-state index in [1.807, 2.05) is 19.3 Å². The van der Waals surface area contributed by atoms with Gasteiger partial charge in [0.05, 0.1) is 0 Å². The molecule has 1 unspecified atom stereocenters. The van der Waals surface area contributed by atoms with E-state index in [1.165, 1.54) is 0 Å². The van der Waals surface area contributed by atoms with Gasteiger partial charge in [-0.1, -0.05) is 0 Å². The van der Waals surface area contributed by atoms with Crippen LogP contribution >= 0.6 is 0 Å². The molecule has 0 aliphatic carbocycles. The maximum Gasteiger partial charge on any atom is 0.279 e. The number of piperidine rings is 1. The third kappa shape index (κ3) is 5.06. The van der Waals surface area contributed by atoms with Crippen molar-refractivity contribution in [2.75, 3.05) is 33.2 Å². The zero-order chi connectivity index (χ0) is 15.1. The summed E-state index contributed by atoms with van der Waals surface area (Å²) in [4.78, 5) is 0. The number of hydrogen-bond donors (Lipinski definition) is 2. The zero-order valence-corrected chi connectivity index (χ0v) is 13.3. The first kappa shape index (κ1) is 16.4. The summed E-state index contributed by atoms with van der Waals surface area (Å²) in [5.41, 5.74) is 0. The molecule has 0 spiro atoms. The van der Waals surface area contributed by atoms with Gasteiger partial charge in [-0.15, -0.1) is 0 Å². The van der Waals surface area contributed by atoms with E-state index in [-0.39, 0.29) is 0 Å². The molecule has 21 heavy (non-hydrogen) atoms. The first-order chi connectivity index (χ1) is 10.1. The molecule has 1 aliphatic rings. The van der Waals surface area contributed by atoms with E-state index in [4.69, 9.17) is 0 Å². The van der Waals surface area contributed by atoms with Crippen LogP contribution in [0.3, 0.4) is 0 Å². The standard InChI is InChI=1S/C13H25N5O2S/c1-14-11-13-5-2-10-18(12-13)21(19,20)16-7-4-9-17-8-3-6-15-17/h3,6,8,13-14,16H,2,4-5,7,9-12H2,1H3. The Morgan fingerprint density at radius 3 is 3.00 bits per heavy atom. The summed E-state index contributed by atoms with van der Waals surface area (Å²) in [6, 6.07) is 1.86. The number of hydrogen-bond acceptors (Lipinski definition) is 4. The number of nitrogens with zero attached hydrogens (tertiary/aromatic N) is 3. The quantitative estimate of drug-likeness (QED) is 0.664. The van der Waals surface area contributed by atoms with E-state index < -0.39 is 10.2 Å². The average Bonchev–Trinajstić information content (AvgIpc) is 2.98. The van der Waals surface area contributed by atoms with Gasteiger partial charge in [-0.3, -0.25) is 4.68 Å². The van der Waals surface area contributed by atoms with Crippen molar-refractivity contribution in [1.29, 1.82) is 0 Å². The van der Waals surface area contributed by atoms with Crippen LogP contribution in [-0.2, 0) is 16.8 Å². The molecular weight excluding hydrogens is 290 g/mol. The molecule has 1 aliphatic heterocycles. The highest BCUT2D eigenvalue weighted by molar-refractivity contribution is 7.87. The second-order valence-corrected chi connectivity index (χ2v) is 7.20. The van der Waals surface area contributed by atoms with Crippen molar-refractivity contribution in [3.63, 3.8) is 0 Å². The van der Waals surface area contributed by atoms with Crippen molar-refractivity contribution in [3.05, 3.63) is 18.5 Å². The highest BCUT2D eigenvalue weighted by atomic mass is 32.2. The van der Waals surface area contributed by atoms with Crippen molar-refractivity contribution in [1.82, 2.24) is 24.1 Å². The average molecular weight is 315 g/mol. The fourth-order valence-electron chi connectivity index (χ4n) is 2.67. The smallest absolute Gasteiger partial charge is 0.279 e. The number of rotatable bonds is 8. The normalized spacial score (nSPS) is 20.7. The molecule has 1 fully saturated rings. The van der Waals surface area contributed by atoms with Crippen LogP contribution < -0.4 is 10.0 Å². The van der Waals surface area contributed by atoms with Crippen LogP contribution in [0.2, 0.25) is 0 Å². The van der Waals surface area contributed by atoms with Crippen LogP contribution in [0.5, 0.6) is 0 Å². The molecular formula is C13H25N5O2S. The van der Waals surface area contributed by atoms with Gasteiger partial charge < -0.3 is 5.32 Å². The molecule has 2 rings (SSSR count). The van der Waals surface area contributed by atoms with E-state index in [0.717, 1.165) is 32.4 Å². The van der Waals surface area contributed by atoms with Crippen LogP contribution in [-0.4, -0.2) is 55.7 Å². The van der Waals surface area contributed by atoms with Gasteiger partial charge in [-0.25, -0.2) is 4.72 Å². The van der Waals surface area contributed by atoms with Crippen LogP contribution in [0.25, 0.3) is 0 Å². The summed E-state index contributed by atoms with van der Waals surface area (Å²) in [6.45, 7) is 3.25. The van der Waals surface area contributed by atoms with Gasteiger partial charge in [-0.05, 0) is 44.8 Å². The number of aromatic nitrogens is 2. The van der Waals surface area contributed by atoms with Gasteiger partial charge in [0.2, 0.25) is 0 Å². The Morgan fingerprint density at radius 1 is 1.43 bits per heavy atom. The molecule has 1 aromatic rings.